The van der Waals surface area contributed by atoms with E-state index in [4.69, 9.17) is 4.98 Å². The average molecular weight is 375 g/mol. The van der Waals surface area contributed by atoms with Crippen molar-refractivity contribution in [2.75, 3.05) is 13.6 Å². The van der Waals surface area contributed by atoms with E-state index >= 15 is 0 Å². The van der Waals surface area contributed by atoms with Gasteiger partial charge in [-0.1, -0.05) is 32.9 Å². The first kappa shape index (κ1) is 18.8. The number of nitrogens with zero attached hydrogens (tertiary/aromatic N) is 2. The molecule has 1 heterocycles. The Morgan fingerprint density at radius 2 is 2.08 bits per heavy atom. The number of hydrogen-bond donors (Lipinski definition) is 2. The lowest BCUT2D eigenvalue weighted by Crippen LogP contribution is -2.40. The van der Waals surface area contributed by atoms with E-state index in [0.29, 0.717) is 6.54 Å². The molecule has 26 heavy (non-hydrogen) atoms. The highest BCUT2D eigenvalue weighted by atomic mass is 32.1. The summed E-state index contributed by atoms with van der Waals surface area (Å²) in [5.41, 5.74) is 2.28. The van der Waals surface area contributed by atoms with Crippen LogP contribution in [0.4, 0.5) is 4.39 Å². The first-order valence-corrected chi connectivity index (χ1v) is 9.86. The smallest absolute Gasteiger partial charge is 0.191 e. The van der Waals surface area contributed by atoms with Gasteiger partial charge in [-0.15, -0.1) is 11.3 Å². The van der Waals surface area contributed by atoms with Crippen molar-refractivity contribution in [2.45, 2.75) is 51.0 Å². The van der Waals surface area contributed by atoms with Gasteiger partial charge in [-0.05, 0) is 30.5 Å². The predicted molar refractivity (Wildman–Crippen MR) is 106 cm³/mol. The second-order valence-corrected chi connectivity index (χ2v) is 8.89. The molecule has 140 valence electrons. The van der Waals surface area contributed by atoms with E-state index in [-0.39, 0.29) is 16.6 Å². The summed E-state index contributed by atoms with van der Waals surface area (Å²) in [6, 6.07) is 6.94. The van der Waals surface area contributed by atoms with Gasteiger partial charge in [0.05, 0.1) is 12.2 Å². The molecule has 1 fully saturated rings. The molecule has 1 aromatic carbocycles. The summed E-state index contributed by atoms with van der Waals surface area (Å²) in [4.78, 5) is 9.00. The molecule has 2 N–H and O–H groups in total. The van der Waals surface area contributed by atoms with Gasteiger partial charge in [0, 0.05) is 29.8 Å². The van der Waals surface area contributed by atoms with Gasteiger partial charge in [-0.25, -0.2) is 9.37 Å². The second kappa shape index (κ2) is 7.35. The van der Waals surface area contributed by atoms with Crippen LogP contribution >= 0.6 is 11.3 Å². The average Bonchev–Trinajstić information content (AvgIpc) is 3.22. The summed E-state index contributed by atoms with van der Waals surface area (Å²) in [6.45, 7) is 7.90. The fraction of sp³-hybridized carbons (Fsp3) is 0.500. The maximum absolute atomic E-state index is 13.5. The van der Waals surface area contributed by atoms with Crippen LogP contribution in [0.5, 0.6) is 0 Å². The molecule has 4 nitrogen and oxygen atoms in total. The van der Waals surface area contributed by atoms with Crippen LogP contribution in [-0.4, -0.2) is 24.5 Å². The zero-order chi connectivity index (χ0) is 18.8. The molecule has 3 rings (SSSR count). The van der Waals surface area contributed by atoms with Crippen LogP contribution in [0.25, 0.3) is 0 Å². The van der Waals surface area contributed by atoms with Crippen molar-refractivity contribution >= 4 is 17.3 Å². The summed E-state index contributed by atoms with van der Waals surface area (Å²) >= 11 is 1.67. The van der Waals surface area contributed by atoms with E-state index < -0.39 is 0 Å². The molecule has 0 bridgehead atoms. The highest BCUT2D eigenvalue weighted by molar-refractivity contribution is 7.09. The first-order valence-electron chi connectivity index (χ1n) is 8.98. The number of thiazole rings is 1. The molecule has 0 aliphatic heterocycles. The molecule has 1 saturated carbocycles. The molecule has 0 unspecified atom stereocenters. The van der Waals surface area contributed by atoms with Crippen LogP contribution in [0.2, 0.25) is 0 Å². The molecule has 1 aromatic heterocycles. The number of nitrogens with one attached hydrogen (secondary N) is 2. The SMILES string of the molecule is CN=C(NCc1nc(C(C)(C)C)cs1)NCC1(c2cccc(F)c2)CC1. The third-order valence-electron chi connectivity index (χ3n) is 4.84. The van der Waals surface area contributed by atoms with Crippen molar-refractivity contribution in [3.8, 4) is 0 Å². The quantitative estimate of drug-likeness (QED) is 0.615. The van der Waals surface area contributed by atoms with E-state index in [2.05, 4.69) is 41.8 Å². The molecule has 0 radical (unpaired) electrons. The zero-order valence-corrected chi connectivity index (χ0v) is 16.7. The highest BCUT2D eigenvalue weighted by Crippen LogP contribution is 2.47. The van der Waals surface area contributed by atoms with Gasteiger partial charge in [0.25, 0.3) is 0 Å². The van der Waals surface area contributed by atoms with Crippen molar-refractivity contribution in [2.24, 2.45) is 4.99 Å². The fourth-order valence-electron chi connectivity index (χ4n) is 2.91. The molecule has 0 amide bonds. The highest BCUT2D eigenvalue weighted by Gasteiger charge is 2.44. The minimum Gasteiger partial charge on any atom is -0.356 e. The lowest BCUT2D eigenvalue weighted by atomic mass is 9.93. The van der Waals surface area contributed by atoms with Gasteiger partial charge < -0.3 is 10.6 Å². The fourth-order valence-corrected chi connectivity index (χ4v) is 3.87. The van der Waals surface area contributed by atoms with E-state index in [9.17, 15) is 4.39 Å². The maximum Gasteiger partial charge on any atom is 0.191 e. The number of guanidine groups is 1. The normalized spacial score (nSPS) is 16.4. The van der Waals surface area contributed by atoms with Crippen molar-refractivity contribution < 1.29 is 4.39 Å². The van der Waals surface area contributed by atoms with E-state index in [1.54, 1.807) is 30.5 Å². The van der Waals surface area contributed by atoms with Crippen LogP contribution in [0.3, 0.4) is 0 Å². The Labute approximate surface area is 159 Å². The van der Waals surface area contributed by atoms with E-state index in [1.165, 1.54) is 6.07 Å². The number of aromatic nitrogens is 1. The van der Waals surface area contributed by atoms with Crippen LogP contribution in [0.1, 0.15) is 49.9 Å². The van der Waals surface area contributed by atoms with Crippen LogP contribution < -0.4 is 10.6 Å². The Balaban J connectivity index is 1.55. The Morgan fingerprint density at radius 3 is 2.65 bits per heavy atom. The van der Waals surface area contributed by atoms with Crippen LogP contribution in [0.15, 0.2) is 34.6 Å². The lowest BCUT2D eigenvalue weighted by Gasteiger charge is -2.19. The molecule has 0 saturated heterocycles. The standard InChI is InChI=1S/C20H27FN4S/c1-19(2,3)16-12-26-17(25-16)11-23-18(22-4)24-13-20(8-9-20)14-6-5-7-15(21)10-14/h5-7,10,12H,8-9,11,13H2,1-4H3,(H2,22,23,24). The van der Waals surface area contributed by atoms with Gasteiger partial charge in [-0.3, -0.25) is 4.99 Å². The van der Waals surface area contributed by atoms with Crippen molar-refractivity contribution in [3.63, 3.8) is 0 Å². The van der Waals surface area contributed by atoms with E-state index in [1.807, 2.05) is 6.07 Å². The molecular weight excluding hydrogens is 347 g/mol. The largest absolute Gasteiger partial charge is 0.356 e. The Bertz CT molecular complexity index is 787. The zero-order valence-electron chi connectivity index (χ0n) is 15.9. The monoisotopic (exact) mass is 374 g/mol. The predicted octanol–water partition coefficient (Wildman–Crippen LogP) is 3.98. The molecule has 6 heteroatoms. The molecule has 1 aliphatic rings. The molecule has 2 aromatic rings. The van der Waals surface area contributed by atoms with Crippen LogP contribution in [-0.2, 0) is 17.4 Å². The molecular formula is C20H27FN4S. The topological polar surface area (TPSA) is 49.3 Å². The van der Waals surface area contributed by atoms with Crippen molar-refractivity contribution in [3.05, 3.63) is 51.7 Å². The summed E-state index contributed by atoms with van der Waals surface area (Å²) in [7, 11) is 1.76. The van der Waals surface area contributed by atoms with Crippen molar-refractivity contribution in [1.82, 2.24) is 15.6 Å². The minimum absolute atomic E-state index is 0.0281. The Kier molecular flexibility index (Phi) is 5.32. The summed E-state index contributed by atoms with van der Waals surface area (Å²) < 4.78 is 13.5. The van der Waals surface area contributed by atoms with Gasteiger partial charge in [0.1, 0.15) is 10.8 Å². The Hall–Kier alpha value is -1.95. The van der Waals surface area contributed by atoms with Crippen molar-refractivity contribution in [1.29, 1.82) is 0 Å². The summed E-state index contributed by atoms with van der Waals surface area (Å²) in [6.07, 6.45) is 2.14. The van der Waals surface area contributed by atoms with Gasteiger partial charge >= 0.3 is 0 Å². The number of benzene rings is 1. The third-order valence-corrected chi connectivity index (χ3v) is 5.68. The number of hydrogen-bond acceptors (Lipinski definition) is 3. The van der Waals surface area contributed by atoms with Gasteiger partial charge in [0.15, 0.2) is 5.96 Å². The lowest BCUT2D eigenvalue weighted by molar-refractivity contribution is 0.570. The van der Waals surface area contributed by atoms with Gasteiger partial charge in [-0.2, -0.15) is 0 Å². The third kappa shape index (κ3) is 4.41. The number of halogens is 1. The second-order valence-electron chi connectivity index (χ2n) is 7.95. The molecule has 1 aliphatic carbocycles. The van der Waals surface area contributed by atoms with Gasteiger partial charge in [0.2, 0.25) is 0 Å². The Morgan fingerprint density at radius 1 is 1.31 bits per heavy atom. The number of rotatable bonds is 5. The van der Waals surface area contributed by atoms with Crippen LogP contribution in [0, 0.1) is 5.82 Å². The summed E-state index contributed by atoms with van der Waals surface area (Å²) in [5, 5.41) is 9.88. The minimum atomic E-state index is -0.172. The summed E-state index contributed by atoms with van der Waals surface area (Å²) in [5.74, 6) is 0.579. The molecule has 0 atom stereocenters. The number of aliphatic imine (C=N–C) groups is 1. The molecule has 0 spiro atoms. The first-order chi connectivity index (χ1) is 12.3. The maximum atomic E-state index is 13.5. The van der Waals surface area contributed by atoms with E-state index in [0.717, 1.165) is 41.6 Å².